The Hall–Kier alpha value is -1.77. The van der Waals surface area contributed by atoms with Crippen LogP contribution in [-0.2, 0) is 4.79 Å². The number of carbonyl (C=O) groups excluding carboxylic acids is 1. The molecule has 0 saturated heterocycles. The van der Waals surface area contributed by atoms with Crippen LogP contribution in [-0.4, -0.2) is 5.91 Å². The van der Waals surface area contributed by atoms with Crippen molar-refractivity contribution in [1.29, 1.82) is 0 Å². The van der Waals surface area contributed by atoms with Gasteiger partial charge >= 0.3 is 0 Å². The quantitative estimate of drug-likeness (QED) is 0.774. The molecule has 0 saturated carbocycles. The van der Waals surface area contributed by atoms with Gasteiger partial charge in [0.2, 0.25) is 5.91 Å². The molecular formula is C12H13NO2. The van der Waals surface area contributed by atoms with Crippen LogP contribution in [0, 0.1) is 13.8 Å². The first-order valence-electron chi connectivity index (χ1n) is 4.86. The molecular weight excluding hydrogens is 190 g/mol. The van der Waals surface area contributed by atoms with Crippen molar-refractivity contribution in [3.05, 3.63) is 29.5 Å². The molecule has 0 aliphatic carbocycles. The van der Waals surface area contributed by atoms with Gasteiger partial charge in [-0.25, -0.2) is 0 Å². The molecule has 0 atom stereocenters. The minimum atomic E-state index is -0.0887. The maximum Gasteiger partial charge on any atom is 0.221 e. The van der Waals surface area contributed by atoms with E-state index in [4.69, 9.17) is 4.42 Å². The molecule has 3 nitrogen and oxygen atoms in total. The second-order valence-electron chi connectivity index (χ2n) is 3.65. The molecule has 0 radical (unpaired) electrons. The Labute approximate surface area is 88.1 Å². The number of rotatable bonds is 1. The van der Waals surface area contributed by atoms with E-state index in [0.29, 0.717) is 0 Å². The van der Waals surface area contributed by atoms with Crippen molar-refractivity contribution in [2.75, 3.05) is 5.32 Å². The standard InChI is InChI=1S/C12H13NO2/c1-7-8(2)15-12-10(7)5-4-6-11(12)13-9(3)14/h4-6H,1-3H3,(H,13,14). The molecule has 0 bridgehead atoms. The van der Waals surface area contributed by atoms with E-state index in [9.17, 15) is 4.79 Å². The van der Waals surface area contributed by atoms with Gasteiger partial charge in [0, 0.05) is 12.3 Å². The zero-order valence-electron chi connectivity index (χ0n) is 9.05. The first-order chi connectivity index (χ1) is 7.09. The first-order valence-corrected chi connectivity index (χ1v) is 4.86. The third-order valence-corrected chi connectivity index (χ3v) is 2.51. The van der Waals surface area contributed by atoms with Gasteiger partial charge in [-0.1, -0.05) is 12.1 Å². The van der Waals surface area contributed by atoms with Gasteiger partial charge in [-0.3, -0.25) is 4.79 Å². The fourth-order valence-corrected chi connectivity index (χ4v) is 1.65. The zero-order chi connectivity index (χ0) is 11.0. The second kappa shape index (κ2) is 3.42. The molecule has 0 aliphatic rings. The van der Waals surface area contributed by atoms with Crippen LogP contribution >= 0.6 is 0 Å². The molecule has 3 heteroatoms. The van der Waals surface area contributed by atoms with Crippen LogP contribution in [0.2, 0.25) is 0 Å². The number of hydrogen-bond acceptors (Lipinski definition) is 2. The Morgan fingerprint density at radius 3 is 2.73 bits per heavy atom. The van der Waals surface area contributed by atoms with Crippen LogP contribution in [0.1, 0.15) is 18.2 Å². The van der Waals surface area contributed by atoms with E-state index in [1.54, 1.807) is 0 Å². The second-order valence-corrected chi connectivity index (χ2v) is 3.65. The number of furan rings is 1. The number of benzene rings is 1. The van der Waals surface area contributed by atoms with Crippen molar-refractivity contribution in [2.45, 2.75) is 20.8 Å². The van der Waals surface area contributed by atoms with E-state index in [2.05, 4.69) is 5.32 Å². The summed E-state index contributed by atoms with van der Waals surface area (Å²) in [5, 5.41) is 3.81. The largest absolute Gasteiger partial charge is 0.459 e. The summed E-state index contributed by atoms with van der Waals surface area (Å²) in [6.45, 7) is 5.42. The Balaban J connectivity index is 2.65. The SMILES string of the molecule is CC(=O)Nc1cccc2c(C)c(C)oc12. The minimum absolute atomic E-state index is 0.0887. The summed E-state index contributed by atoms with van der Waals surface area (Å²) >= 11 is 0. The van der Waals surface area contributed by atoms with Gasteiger partial charge in [-0.2, -0.15) is 0 Å². The molecule has 1 aromatic carbocycles. The number of hydrogen-bond donors (Lipinski definition) is 1. The van der Waals surface area contributed by atoms with Gasteiger partial charge in [0.15, 0.2) is 5.58 Å². The maximum atomic E-state index is 11.0. The van der Waals surface area contributed by atoms with Crippen LogP contribution in [0.15, 0.2) is 22.6 Å². The van der Waals surface area contributed by atoms with Crippen LogP contribution in [0.4, 0.5) is 5.69 Å². The molecule has 0 unspecified atom stereocenters. The lowest BCUT2D eigenvalue weighted by Gasteiger charge is -2.01. The van der Waals surface area contributed by atoms with Gasteiger partial charge in [-0.15, -0.1) is 0 Å². The van der Waals surface area contributed by atoms with Crippen LogP contribution in [0.25, 0.3) is 11.0 Å². The number of anilines is 1. The highest BCUT2D eigenvalue weighted by Crippen LogP contribution is 2.30. The predicted octanol–water partition coefficient (Wildman–Crippen LogP) is 3.01. The van der Waals surface area contributed by atoms with E-state index in [-0.39, 0.29) is 5.91 Å². The Morgan fingerprint density at radius 2 is 2.07 bits per heavy atom. The molecule has 1 amide bonds. The molecule has 0 aliphatic heterocycles. The van der Waals surface area contributed by atoms with Crippen molar-refractivity contribution in [1.82, 2.24) is 0 Å². The van der Waals surface area contributed by atoms with Crippen LogP contribution in [0.3, 0.4) is 0 Å². The number of fused-ring (bicyclic) bond motifs is 1. The molecule has 1 heterocycles. The minimum Gasteiger partial charge on any atom is -0.459 e. The van der Waals surface area contributed by atoms with Crippen LogP contribution < -0.4 is 5.32 Å². The van der Waals surface area contributed by atoms with E-state index in [1.807, 2.05) is 32.0 Å². The fraction of sp³-hybridized carbons (Fsp3) is 0.250. The lowest BCUT2D eigenvalue weighted by atomic mass is 10.1. The summed E-state index contributed by atoms with van der Waals surface area (Å²) in [4.78, 5) is 11.0. The summed E-state index contributed by atoms with van der Waals surface area (Å²) in [5.74, 6) is 0.803. The lowest BCUT2D eigenvalue weighted by Crippen LogP contribution is -2.05. The predicted molar refractivity (Wildman–Crippen MR) is 60.0 cm³/mol. The highest BCUT2D eigenvalue weighted by Gasteiger charge is 2.10. The third-order valence-electron chi connectivity index (χ3n) is 2.51. The van der Waals surface area contributed by atoms with Gasteiger partial charge in [0.25, 0.3) is 0 Å². The molecule has 2 aromatic rings. The van der Waals surface area contributed by atoms with Gasteiger partial charge < -0.3 is 9.73 Å². The Morgan fingerprint density at radius 1 is 1.33 bits per heavy atom. The van der Waals surface area contributed by atoms with Gasteiger partial charge in [0.1, 0.15) is 5.76 Å². The summed E-state index contributed by atoms with van der Waals surface area (Å²) in [6.07, 6.45) is 0. The normalized spacial score (nSPS) is 10.6. The van der Waals surface area contributed by atoms with Crippen molar-refractivity contribution in [3.8, 4) is 0 Å². The van der Waals surface area contributed by atoms with E-state index in [0.717, 1.165) is 28.0 Å². The van der Waals surface area contributed by atoms with Gasteiger partial charge in [-0.05, 0) is 25.5 Å². The highest BCUT2D eigenvalue weighted by atomic mass is 16.3. The number of para-hydroxylation sites is 1. The molecule has 2 rings (SSSR count). The summed E-state index contributed by atoms with van der Waals surface area (Å²) < 4.78 is 5.62. The highest BCUT2D eigenvalue weighted by molar-refractivity contribution is 5.99. The molecule has 0 fully saturated rings. The van der Waals surface area contributed by atoms with E-state index in [1.165, 1.54) is 6.92 Å². The third kappa shape index (κ3) is 1.61. The monoisotopic (exact) mass is 203 g/mol. The Bertz CT molecular complexity index is 526. The van der Waals surface area contributed by atoms with Gasteiger partial charge in [0.05, 0.1) is 5.69 Å². The van der Waals surface area contributed by atoms with Crippen molar-refractivity contribution in [3.63, 3.8) is 0 Å². The zero-order valence-corrected chi connectivity index (χ0v) is 9.05. The molecule has 0 spiro atoms. The summed E-state index contributed by atoms with van der Waals surface area (Å²) in [6, 6.07) is 5.74. The average Bonchev–Trinajstić information content (AvgIpc) is 2.45. The molecule has 1 aromatic heterocycles. The average molecular weight is 203 g/mol. The fourth-order valence-electron chi connectivity index (χ4n) is 1.65. The van der Waals surface area contributed by atoms with Crippen molar-refractivity contribution in [2.24, 2.45) is 0 Å². The Kier molecular flexibility index (Phi) is 2.23. The lowest BCUT2D eigenvalue weighted by molar-refractivity contribution is -0.114. The number of carbonyl (C=O) groups is 1. The first kappa shape index (κ1) is 9.77. The number of nitrogens with one attached hydrogen (secondary N) is 1. The molecule has 15 heavy (non-hydrogen) atoms. The topological polar surface area (TPSA) is 42.2 Å². The number of aryl methyl sites for hydroxylation is 2. The summed E-state index contributed by atoms with van der Waals surface area (Å²) in [7, 11) is 0. The molecule has 78 valence electrons. The van der Waals surface area contributed by atoms with Crippen molar-refractivity contribution >= 4 is 22.6 Å². The van der Waals surface area contributed by atoms with E-state index < -0.39 is 0 Å². The summed E-state index contributed by atoms with van der Waals surface area (Å²) in [5.41, 5.74) is 2.61. The smallest absolute Gasteiger partial charge is 0.221 e. The number of amides is 1. The van der Waals surface area contributed by atoms with Crippen molar-refractivity contribution < 1.29 is 9.21 Å². The maximum absolute atomic E-state index is 11.0. The molecule has 1 N–H and O–H groups in total. The van der Waals surface area contributed by atoms with E-state index >= 15 is 0 Å². The van der Waals surface area contributed by atoms with Crippen LogP contribution in [0.5, 0.6) is 0 Å².